The van der Waals surface area contributed by atoms with Crippen molar-refractivity contribution >= 4 is 11.8 Å². The van der Waals surface area contributed by atoms with E-state index in [1.807, 2.05) is 12.1 Å². The normalized spacial score (nSPS) is 27.0. The average Bonchev–Trinajstić information content (AvgIpc) is 3.22. The third-order valence-corrected chi connectivity index (χ3v) is 7.04. The Kier molecular flexibility index (Phi) is 7.62. The largest absolute Gasteiger partial charge is 0.416 e. The maximum Gasteiger partial charge on any atom is 0.416 e. The van der Waals surface area contributed by atoms with Crippen molar-refractivity contribution in [1.29, 1.82) is 0 Å². The second-order valence-corrected chi connectivity index (χ2v) is 9.46. The number of aliphatic hydroxyl groups is 2. The molecule has 11 heteroatoms. The minimum Gasteiger partial charge on any atom is -0.390 e. The Morgan fingerprint density at radius 2 is 1.81 bits per heavy atom. The van der Waals surface area contributed by atoms with Crippen LogP contribution in [-0.4, -0.2) is 69.7 Å². The SMILES string of the molecule is O=C(CNC(=O)c1cccc(C(F)(F)F)c1)NC1CN(C2CCC(O)(c3ccncc3)CC2)CC1O. The fraction of sp³-hybridized carbons (Fsp3) is 0.480. The molecule has 0 spiro atoms. The summed E-state index contributed by atoms with van der Waals surface area (Å²) in [5.74, 6) is -1.34. The van der Waals surface area contributed by atoms with Gasteiger partial charge in [-0.15, -0.1) is 0 Å². The average molecular weight is 507 g/mol. The zero-order chi connectivity index (χ0) is 25.9. The molecule has 2 unspecified atom stereocenters. The summed E-state index contributed by atoms with van der Waals surface area (Å²) in [4.78, 5) is 30.7. The summed E-state index contributed by atoms with van der Waals surface area (Å²) in [5.41, 5.74) is -1.21. The molecule has 36 heavy (non-hydrogen) atoms. The molecule has 2 fully saturated rings. The van der Waals surface area contributed by atoms with Crippen molar-refractivity contribution in [3.8, 4) is 0 Å². The highest BCUT2D eigenvalue weighted by Crippen LogP contribution is 2.39. The molecule has 0 bridgehead atoms. The summed E-state index contributed by atoms with van der Waals surface area (Å²) >= 11 is 0. The number of benzene rings is 1. The summed E-state index contributed by atoms with van der Waals surface area (Å²) in [7, 11) is 0. The Labute approximate surface area is 206 Å². The number of aromatic nitrogens is 1. The van der Waals surface area contributed by atoms with E-state index in [0.29, 0.717) is 25.9 Å². The van der Waals surface area contributed by atoms with Crippen molar-refractivity contribution in [2.45, 2.75) is 55.6 Å². The van der Waals surface area contributed by atoms with E-state index in [-0.39, 0.29) is 11.6 Å². The number of amides is 2. The van der Waals surface area contributed by atoms with Gasteiger partial charge >= 0.3 is 6.18 Å². The molecule has 2 aliphatic rings. The van der Waals surface area contributed by atoms with Gasteiger partial charge in [-0.05, 0) is 61.6 Å². The quantitative estimate of drug-likeness (QED) is 0.475. The lowest BCUT2D eigenvalue weighted by Gasteiger charge is -2.39. The third-order valence-electron chi connectivity index (χ3n) is 7.04. The summed E-state index contributed by atoms with van der Waals surface area (Å²) < 4.78 is 38.6. The Balaban J connectivity index is 1.25. The molecule has 4 N–H and O–H groups in total. The van der Waals surface area contributed by atoms with Crippen molar-refractivity contribution in [2.24, 2.45) is 0 Å². The highest BCUT2D eigenvalue weighted by Gasteiger charge is 2.41. The van der Waals surface area contributed by atoms with Crippen LogP contribution < -0.4 is 10.6 Å². The third kappa shape index (κ3) is 6.03. The molecule has 1 aromatic heterocycles. The zero-order valence-electron chi connectivity index (χ0n) is 19.5. The Morgan fingerprint density at radius 1 is 1.11 bits per heavy atom. The number of likely N-dealkylation sites (tertiary alicyclic amines) is 1. The number of alkyl halides is 3. The van der Waals surface area contributed by atoms with Crippen LogP contribution in [0.5, 0.6) is 0 Å². The molecule has 2 aromatic rings. The van der Waals surface area contributed by atoms with Crippen LogP contribution in [0.25, 0.3) is 0 Å². The van der Waals surface area contributed by atoms with Gasteiger partial charge in [-0.1, -0.05) is 6.07 Å². The Morgan fingerprint density at radius 3 is 2.47 bits per heavy atom. The van der Waals surface area contributed by atoms with Crippen LogP contribution in [0.1, 0.15) is 47.2 Å². The lowest BCUT2D eigenvalue weighted by atomic mass is 9.77. The van der Waals surface area contributed by atoms with Crippen LogP contribution >= 0.6 is 0 Å². The molecular weight excluding hydrogens is 477 g/mol. The van der Waals surface area contributed by atoms with E-state index in [9.17, 15) is 33.0 Å². The van der Waals surface area contributed by atoms with Crippen LogP contribution in [-0.2, 0) is 16.6 Å². The zero-order valence-corrected chi connectivity index (χ0v) is 19.5. The van der Waals surface area contributed by atoms with Crippen LogP contribution in [0.2, 0.25) is 0 Å². The first kappa shape index (κ1) is 26.1. The van der Waals surface area contributed by atoms with Crippen molar-refractivity contribution in [3.63, 3.8) is 0 Å². The first-order valence-corrected chi connectivity index (χ1v) is 11.8. The van der Waals surface area contributed by atoms with Gasteiger partial charge in [0, 0.05) is 37.1 Å². The first-order valence-electron chi connectivity index (χ1n) is 11.8. The topological polar surface area (TPSA) is 115 Å². The van der Waals surface area contributed by atoms with Gasteiger partial charge in [-0.3, -0.25) is 19.5 Å². The Bertz CT molecular complexity index is 1070. The number of pyridine rings is 1. The van der Waals surface area contributed by atoms with Gasteiger partial charge in [0.25, 0.3) is 5.91 Å². The van der Waals surface area contributed by atoms with E-state index in [0.717, 1.165) is 36.6 Å². The molecule has 194 valence electrons. The predicted molar refractivity (Wildman–Crippen MR) is 124 cm³/mol. The molecule has 1 aliphatic heterocycles. The summed E-state index contributed by atoms with van der Waals surface area (Å²) in [6.45, 7) is 0.368. The lowest BCUT2D eigenvalue weighted by Crippen LogP contribution is -2.47. The molecule has 1 aliphatic carbocycles. The fourth-order valence-electron chi connectivity index (χ4n) is 5.01. The van der Waals surface area contributed by atoms with Gasteiger partial charge < -0.3 is 20.8 Å². The summed E-state index contributed by atoms with van der Waals surface area (Å²) in [6, 6.07) is 7.21. The number of hydrogen-bond donors (Lipinski definition) is 4. The minimum atomic E-state index is -4.58. The number of nitrogens with one attached hydrogen (secondary N) is 2. The van der Waals surface area contributed by atoms with Crippen LogP contribution in [0, 0.1) is 0 Å². The number of rotatable bonds is 6. The van der Waals surface area contributed by atoms with Crippen LogP contribution in [0.3, 0.4) is 0 Å². The number of β-amino-alcohol motifs (C(OH)–C–C–N with tert-alkyl or cyclic N) is 1. The van der Waals surface area contributed by atoms with Crippen molar-refractivity contribution < 1.29 is 33.0 Å². The van der Waals surface area contributed by atoms with Crippen LogP contribution in [0.15, 0.2) is 48.8 Å². The second kappa shape index (κ2) is 10.5. The van der Waals surface area contributed by atoms with E-state index in [1.54, 1.807) is 12.4 Å². The molecule has 2 amide bonds. The molecule has 8 nitrogen and oxygen atoms in total. The van der Waals surface area contributed by atoms with Gasteiger partial charge in [-0.2, -0.15) is 13.2 Å². The van der Waals surface area contributed by atoms with E-state index in [1.165, 1.54) is 6.07 Å². The molecular formula is C25H29F3N4O4. The number of carbonyl (C=O) groups is 2. The fourth-order valence-corrected chi connectivity index (χ4v) is 5.01. The Hall–Kier alpha value is -3.02. The predicted octanol–water partition coefficient (Wildman–Crippen LogP) is 1.82. The minimum absolute atomic E-state index is 0.157. The number of nitrogens with zero attached hydrogens (tertiary/aromatic N) is 2. The maximum atomic E-state index is 12.9. The molecule has 1 saturated carbocycles. The molecule has 2 heterocycles. The molecule has 0 radical (unpaired) electrons. The van der Waals surface area contributed by atoms with E-state index in [2.05, 4.69) is 20.5 Å². The molecule has 4 rings (SSSR count). The van der Waals surface area contributed by atoms with Gasteiger partial charge in [-0.25, -0.2) is 0 Å². The van der Waals surface area contributed by atoms with Crippen molar-refractivity contribution in [1.82, 2.24) is 20.5 Å². The van der Waals surface area contributed by atoms with E-state index in [4.69, 9.17) is 0 Å². The van der Waals surface area contributed by atoms with Gasteiger partial charge in [0.2, 0.25) is 5.91 Å². The summed E-state index contributed by atoms with van der Waals surface area (Å²) in [5, 5.41) is 26.5. The molecule has 1 saturated heterocycles. The monoisotopic (exact) mass is 506 g/mol. The number of hydrogen-bond acceptors (Lipinski definition) is 6. The van der Waals surface area contributed by atoms with E-state index < -0.39 is 47.8 Å². The molecule has 2 atom stereocenters. The van der Waals surface area contributed by atoms with Crippen molar-refractivity contribution in [3.05, 3.63) is 65.5 Å². The first-order chi connectivity index (χ1) is 17.0. The van der Waals surface area contributed by atoms with E-state index >= 15 is 0 Å². The second-order valence-electron chi connectivity index (χ2n) is 9.46. The number of halogens is 3. The standard InChI is InChI=1S/C25H29F3N4O4/c26-25(27,28)18-3-1-2-16(12-18)23(35)30-13-22(34)31-20-14-32(15-21(20)33)19-4-8-24(36,9-5-19)17-6-10-29-11-7-17/h1-3,6-7,10-12,19-21,33,36H,4-5,8-9,13-15H2,(H,30,35)(H,31,34). The smallest absolute Gasteiger partial charge is 0.390 e. The van der Waals surface area contributed by atoms with Gasteiger partial charge in [0.15, 0.2) is 0 Å². The number of carbonyl (C=O) groups excluding carboxylic acids is 2. The maximum absolute atomic E-state index is 12.9. The highest BCUT2D eigenvalue weighted by atomic mass is 19.4. The molecule has 1 aromatic carbocycles. The lowest BCUT2D eigenvalue weighted by molar-refractivity contribution is -0.137. The van der Waals surface area contributed by atoms with Gasteiger partial charge in [0.1, 0.15) is 0 Å². The highest BCUT2D eigenvalue weighted by molar-refractivity contribution is 5.96. The van der Waals surface area contributed by atoms with Gasteiger partial charge in [0.05, 0.1) is 29.9 Å². The van der Waals surface area contributed by atoms with Crippen molar-refractivity contribution in [2.75, 3.05) is 19.6 Å². The summed E-state index contributed by atoms with van der Waals surface area (Å²) in [6.07, 6.45) is 0.568. The number of aliphatic hydroxyl groups excluding tert-OH is 1. The van der Waals surface area contributed by atoms with Crippen LogP contribution in [0.4, 0.5) is 13.2 Å².